The molecule has 6 heteroatoms. The second-order valence-electron chi connectivity index (χ2n) is 5.23. The predicted molar refractivity (Wildman–Crippen MR) is 66.0 cm³/mol. The second-order valence-corrected chi connectivity index (χ2v) is 5.23. The number of esters is 1. The van der Waals surface area contributed by atoms with E-state index in [1.54, 1.807) is 13.0 Å². The van der Waals surface area contributed by atoms with E-state index < -0.39 is 23.3 Å². The van der Waals surface area contributed by atoms with Crippen LogP contribution >= 0.6 is 0 Å². The van der Waals surface area contributed by atoms with Gasteiger partial charge < -0.3 is 10.1 Å². The van der Waals surface area contributed by atoms with E-state index in [0.29, 0.717) is 0 Å². The molecule has 1 unspecified atom stereocenters. The number of carbonyl (C=O) groups is 2. The number of ether oxygens (including phenoxy) is 1. The Hall–Kier alpha value is -1.85. The predicted octanol–water partition coefficient (Wildman–Crippen LogP) is 1.04. The van der Waals surface area contributed by atoms with Gasteiger partial charge in [0, 0.05) is 5.69 Å². The molecule has 0 aliphatic heterocycles. The lowest BCUT2D eigenvalue weighted by Crippen LogP contribution is -2.49. The van der Waals surface area contributed by atoms with E-state index in [1.807, 2.05) is 20.8 Å². The lowest BCUT2D eigenvalue weighted by molar-refractivity contribution is -0.145. The molecule has 1 atom stereocenters. The van der Waals surface area contributed by atoms with Crippen molar-refractivity contribution in [1.29, 1.82) is 0 Å². The lowest BCUT2D eigenvalue weighted by Gasteiger charge is -2.28. The normalized spacial score (nSPS) is 12.9. The lowest BCUT2D eigenvalue weighted by atomic mass is 9.86. The summed E-state index contributed by atoms with van der Waals surface area (Å²) in [5, 5.41) is 9.17. The van der Waals surface area contributed by atoms with Crippen molar-refractivity contribution in [3.05, 3.63) is 17.5 Å². The van der Waals surface area contributed by atoms with Crippen molar-refractivity contribution >= 4 is 11.9 Å². The number of carbonyl (C=O) groups excluding carboxylic acids is 2. The summed E-state index contributed by atoms with van der Waals surface area (Å²) in [6.45, 7) is 7.35. The average molecular weight is 253 g/mol. The highest BCUT2D eigenvalue weighted by Gasteiger charge is 2.34. The number of nitrogens with zero attached hydrogens (tertiary/aromatic N) is 1. The number of aryl methyl sites for hydroxylation is 1. The molecule has 1 aromatic heterocycles. The van der Waals surface area contributed by atoms with Crippen molar-refractivity contribution in [2.75, 3.05) is 7.11 Å². The Morgan fingerprint density at radius 3 is 2.44 bits per heavy atom. The van der Waals surface area contributed by atoms with Crippen LogP contribution in [0.1, 0.15) is 37.0 Å². The van der Waals surface area contributed by atoms with Gasteiger partial charge in [0.2, 0.25) is 0 Å². The number of amides is 1. The van der Waals surface area contributed by atoms with Gasteiger partial charge in [-0.05, 0) is 18.4 Å². The Kier molecular flexibility index (Phi) is 4.11. The molecule has 18 heavy (non-hydrogen) atoms. The van der Waals surface area contributed by atoms with Gasteiger partial charge in [-0.2, -0.15) is 5.10 Å². The minimum absolute atomic E-state index is 0.255. The van der Waals surface area contributed by atoms with E-state index in [-0.39, 0.29) is 5.69 Å². The van der Waals surface area contributed by atoms with Crippen molar-refractivity contribution in [3.8, 4) is 0 Å². The second kappa shape index (κ2) is 5.20. The van der Waals surface area contributed by atoms with Gasteiger partial charge >= 0.3 is 5.97 Å². The van der Waals surface area contributed by atoms with Crippen LogP contribution in [0.15, 0.2) is 6.07 Å². The molecule has 1 amide bonds. The standard InChI is InChI=1S/C12H19N3O3/c1-7-6-8(15-14-7)10(16)13-9(11(17)18-5)12(2,3)4/h6,9H,1-5H3,(H,13,16)(H,14,15). The van der Waals surface area contributed by atoms with Gasteiger partial charge in [-0.1, -0.05) is 20.8 Å². The largest absolute Gasteiger partial charge is 0.467 e. The SMILES string of the molecule is COC(=O)C(NC(=O)c1cc(C)[nH]n1)C(C)(C)C. The van der Waals surface area contributed by atoms with Crippen LogP contribution in [0, 0.1) is 12.3 Å². The van der Waals surface area contributed by atoms with Gasteiger partial charge in [-0.3, -0.25) is 9.89 Å². The molecule has 0 saturated carbocycles. The van der Waals surface area contributed by atoms with E-state index in [9.17, 15) is 9.59 Å². The van der Waals surface area contributed by atoms with Crippen molar-refractivity contribution < 1.29 is 14.3 Å². The highest BCUT2D eigenvalue weighted by Crippen LogP contribution is 2.20. The summed E-state index contributed by atoms with van der Waals surface area (Å²) in [4.78, 5) is 23.6. The number of nitrogens with one attached hydrogen (secondary N) is 2. The smallest absolute Gasteiger partial charge is 0.328 e. The number of hydrogen-bond donors (Lipinski definition) is 2. The molecule has 100 valence electrons. The maximum Gasteiger partial charge on any atom is 0.328 e. The van der Waals surface area contributed by atoms with Crippen LogP contribution in [0.2, 0.25) is 0 Å². The zero-order chi connectivity index (χ0) is 13.9. The number of methoxy groups -OCH3 is 1. The van der Waals surface area contributed by atoms with Crippen LogP contribution in [0.3, 0.4) is 0 Å². The molecule has 2 N–H and O–H groups in total. The topological polar surface area (TPSA) is 84.1 Å². The third-order valence-corrected chi connectivity index (χ3v) is 2.52. The molecule has 0 aromatic carbocycles. The summed E-state index contributed by atoms with van der Waals surface area (Å²) < 4.78 is 4.70. The molecule has 0 radical (unpaired) electrons. The molecule has 0 saturated heterocycles. The van der Waals surface area contributed by atoms with Crippen molar-refractivity contribution in [3.63, 3.8) is 0 Å². The molecule has 6 nitrogen and oxygen atoms in total. The summed E-state index contributed by atoms with van der Waals surface area (Å²) >= 11 is 0. The van der Waals surface area contributed by atoms with E-state index in [4.69, 9.17) is 4.74 Å². The molecule has 0 fully saturated rings. The molecular weight excluding hydrogens is 234 g/mol. The van der Waals surface area contributed by atoms with Gasteiger partial charge in [-0.15, -0.1) is 0 Å². The van der Waals surface area contributed by atoms with Gasteiger partial charge in [0.25, 0.3) is 5.91 Å². The Morgan fingerprint density at radius 2 is 2.06 bits per heavy atom. The number of aromatic amines is 1. The monoisotopic (exact) mass is 253 g/mol. The summed E-state index contributed by atoms with van der Waals surface area (Å²) in [6, 6.07) is 0.902. The molecule has 0 aliphatic carbocycles. The average Bonchev–Trinajstić information content (AvgIpc) is 2.70. The van der Waals surface area contributed by atoms with E-state index >= 15 is 0 Å². The summed E-state index contributed by atoms with van der Waals surface area (Å²) in [6.07, 6.45) is 0. The van der Waals surface area contributed by atoms with E-state index in [0.717, 1.165) is 5.69 Å². The summed E-state index contributed by atoms with van der Waals surface area (Å²) in [7, 11) is 1.30. The van der Waals surface area contributed by atoms with Crippen LogP contribution in [-0.4, -0.2) is 35.2 Å². The number of rotatable bonds is 3. The van der Waals surface area contributed by atoms with Crippen molar-refractivity contribution in [1.82, 2.24) is 15.5 Å². The molecule has 1 heterocycles. The van der Waals surface area contributed by atoms with Gasteiger partial charge in [-0.25, -0.2) is 4.79 Å². The van der Waals surface area contributed by atoms with Crippen molar-refractivity contribution in [2.24, 2.45) is 5.41 Å². The fourth-order valence-electron chi connectivity index (χ4n) is 1.49. The minimum Gasteiger partial charge on any atom is -0.467 e. The van der Waals surface area contributed by atoms with Crippen LogP contribution < -0.4 is 5.32 Å². The van der Waals surface area contributed by atoms with Crippen LogP contribution in [0.4, 0.5) is 0 Å². The van der Waals surface area contributed by atoms with E-state index in [2.05, 4.69) is 15.5 Å². The first-order chi connectivity index (χ1) is 8.25. The Morgan fingerprint density at radius 1 is 1.44 bits per heavy atom. The quantitative estimate of drug-likeness (QED) is 0.788. The molecule has 0 spiro atoms. The van der Waals surface area contributed by atoms with Gasteiger partial charge in [0.1, 0.15) is 11.7 Å². The molecule has 1 rings (SSSR count). The third kappa shape index (κ3) is 3.32. The van der Waals surface area contributed by atoms with Crippen molar-refractivity contribution in [2.45, 2.75) is 33.7 Å². The zero-order valence-electron chi connectivity index (χ0n) is 11.3. The number of aromatic nitrogens is 2. The fraction of sp³-hybridized carbons (Fsp3) is 0.583. The number of H-pyrrole nitrogens is 1. The van der Waals surface area contributed by atoms with Crippen LogP contribution in [-0.2, 0) is 9.53 Å². The highest BCUT2D eigenvalue weighted by atomic mass is 16.5. The van der Waals surface area contributed by atoms with Crippen LogP contribution in [0.5, 0.6) is 0 Å². The Labute approximate surface area is 106 Å². The molecule has 0 aliphatic rings. The van der Waals surface area contributed by atoms with E-state index in [1.165, 1.54) is 7.11 Å². The third-order valence-electron chi connectivity index (χ3n) is 2.52. The fourth-order valence-corrected chi connectivity index (χ4v) is 1.49. The molecule has 0 bridgehead atoms. The Bertz CT molecular complexity index is 446. The highest BCUT2D eigenvalue weighted by molar-refractivity contribution is 5.95. The van der Waals surface area contributed by atoms with Crippen LogP contribution in [0.25, 0.3) is 0 Å². The summed E-state index contributed by atoms with van der Waals surface area (Å²) in [5.74, 6) is -0.868. The zero-order valence-corrected chi connectivity index (χ0v) is 11.3. The number of hydrogen-bond acceptors (Lipinski definition) is 4. The first-order valence-electron chi connectivity index (χ1n) is 5.66. The van der Waals surface area contributed by atoms with Gasteiger partial charge in [0.05, 0.1) is 7.11 Å². The first kappa shape index (κ1) is 14.2. The van der Waals surface area contributed by atoms with Gasteiger partial charge in [0.15, 0.2) is 0 Å². The Balaban J connectivity index is 2.85. The minimum atomic E-state index is -0.716. The first-order valence-corrected chi connectivity index (χ1v) is 5.66. The molecule has 1 aromatic rings. The maximum atomic E-state index is 11.9. The summed E-state index contributed by atoms with van der Waals surface area (Å²) in [5.41, 5.74) is 0.602. The molecular formula is C12H19N3O3. The maximum absolute atomic E-state index is 11.9.